The van der Waals surface area contributed by atoms with E-state index in [0.717, 1.165) is 4.90 Å². The zero-order chi connectivity index (χ0) is 13.0. The highest BCUT2D eigenvalue weighted by Crippen LogP contribution is 2.30. The highest BCUT2D eigenvalue weighted by atomic mass is 35.5. The van der Waals surface area contributed by atoms with Gasteiger partial charge in [0, 0.05) is 17.3 Å². The Labute approximate surface area is 113 Å². The number of oxime groups is 1. The Kier molecular flexibility index (Phi) is 4.01. The van der Waals surface area contributed by atoms with E-state index in [4.69, 9.17) is 22.5 Å². The Morgan fingerprint density at radius 3 is 2.89 bits per heavy atom. The van der Waals surface area contributed by atoms with E-state index in [-0.39, 0.29) is 5.84 Å². The Bertz CT molecular complexity index is 591. The molecule has 0 fully saturated rings. The second kappa shape index (κ2) is 5.70. The molecule has 0 bridgehead atoms. The average molecular weight is 281 g/mol. The normalized spacial score (nSPS) is 11.5. The zero-order valence-corrected chi connectivity index (χ0v) is 10.7. The lowest BCUT2D eigenvalue weighted by molar-refractivity contribution is 0.318. The number of hydrogen-bond donors (Lipinski definition) is 2. The first-order valence-electron chi connectivity index (χ1n) is 4.93. The molecule has 0 spiro atoms. The number of amidine groups is 1. The lowest BCUT2D eigenvalue weighted by Gasteiger charge is -2.04. The molecule has 0 aromatic carbocycles. The third kappa shape index (κ3) is 2.91. The molecule has 0 amide bonds. The van der Waals surface area contributed by atoms with Gasteiger partial charge in [0.25, 0.3) is 0 Å². The zero-order valence-electron chi connectivity index (χ0n) is 9.12. The van der Waals surface area contributed by atoms with Crippen molar-refractivity contribution in [2.45, 2.75) is 9.92 Å². The predicted molar refractivity (Wildman–Crippen MR) is 70.1 cm³/mol. The largest absolute Gasteiger partial charge is 0.409 e. The highest BCUT2D eigenvalue weighted by molar-refractivity contribution is 7.99. The molecule has 2 aromatic heterocycles. The van der Waals surface area contributed by atoms with Gasteiger partial charge in [0.15, 0.2) is 5.84 Å². The third-order valence-corrected chi connectivity index (χ3v) is 3.47. The molecule has 3 N–H and O–H groups in total. The molecule has 2 aromatic rings. The van der Waals surface area contributed by atoms with Gasteiger partial charge in [0.2, 0.25) is 0 Å². The molecule has 92 valence electrons. The summed E-state index contributed by atoms with van der Waals surface area (Å²) < 4.78 is 0. The summed E-state index contributed by atoms with van der Waals surface area (Å²) in [5.74, 6) is -0.0374. The summed E-state index contributed by atoms with van der Waals surface area (Å²) in [6.07, 6.45) is 3.24. The van der Waals surface area contributed by atoms with Gasteiger partial charge in [-0.15, -0.1) is 0 Å². The molecule has 0 unspecified atom stereocenters. The van der Waals surface area contributed by atoms with Crippen LogP contribution in [0.25, 0.3) is 0 Å². The summed E-state index contributed by atoms with van der Waals surface area (Å²) in [5, 5.41) is 12.8. The van der Waals surface area contributed by atoms with Crippen LogP contribution in [0.5, 0.6) is 0 Å². The van der Waals surface area contributed by atoms with Crippen LogP contribution in [-0.4, -0.2) is 21.0 Å². The van der Waals surface area contributed by atoms with Gasteiger partial charge < -0.3 is 10.9 Å². The minimum Gasteiger partial charge on any atom is -0.409 e. The van der Waals surface area contributed by atoms with Crippen molar-refractivity contribution in [2.24, 2.45) is 10.9 Å². The number of hydrogen-bond acceptors (Lipinski definition) is 5. The van der Waals surface area contributed by atoms with Crippen molar-refractivity contribution < 1.29 is 5.21 Å². The number of halogens is 1. The van der Waals surface area contributed by atoms with Crippen molar-refractivity contribution in [1.82, 2.24) is 9.97 Å². The maximum atomic E-state index is 8.60. The standard InChI is InChI=1S/C11H9ClN4OS/c12-8-2-1-4-15-11(8)18-7-3-5-14-9(6-7)10(13)16-17/h1-6,17H,(H2,13,16). The molecule has 7 heteroatoms. The van der Waals surface area contributed by atoms with Gasteiger partial charge in [-0.1, -0.05) is 28.5 Å². The lowest BCUT2D eigenvalue weighted by Crippen LogP contribution is -2.14. The molecule has 2 rings (SSSR count). The van der Waals surface area contributed by atoms with Crippen molar-refractivity contribution in [3.05, 3.63) is 47.4 Å². The maximum absolute atomic E-state index is 8.60. The highest BCUT2D eigenvalue weighted by Gasteiger charge is 2.06. The fourth-order valence-electron chi connectivity index (χ4n) is 1.22. The van der Waals surface area contributed by atoms with Crippen LogP contribution in [0.1, 0.15) is 5.69 Å². The fourth-order valence-corrected chi connectivity index (χ4v) is 2.26. The minimum absolute atomic E-state index is 0.0374. The van der Waals surface area contributed by atoms with Gasteiger partial charge in [-0.2, -0.15) is 0 Å². The van der Waals surface area contributed by atoms with E-state index in [9.17, 15) is 0 Å². The molecule has 0 saturated heterocycles. The van der Waals surface area contributed by atoms with Crippen LogP contribution in [-0.2, 0) is 0 Å². The smallest absolute Gasteiger partial charge is 0.188 e. The second-order valence-corrected chi connectivity index (χ2v) is 4.72. The topological polar surface area (TPSA) is 84.4 Å². The summed E-state index contributed by atoms with van der Waals surface area (Å²) in [6.45, 7) is 0. The van der Waals surface area contributed by atoms with E-state index in [1.165, 1.54) is 11.8 Å². The summed E-state index contributed by atoms with van der Waals surface area (Å²) >= 11 is 7.40. The van der Waals surface area contributed by atoms with Crippen LogP contribution in [0.15, 0.2) is 51.7 Å². The van der Waals surface area contributed by atoms with E-state index in [2.05, 4.69) is 15.1 Å². The van der Waals surface area contributed by atoms with E-state index < -0.39 is 0 Å². The quantitative estimate of drug-likeness (QED) is 0.390. The van der Waals surface area contributed by atoms with E-state index >= 15 is 0 Å². The van der Waals surface area contributed by atoms with Crippen molar-refractivity contribution in [3.8, 4) is 0 Å². The van der Waals surface area contributed by atoms with Crippen LogP contribution in [0, 0.1) is 0 Å². The monoisotopic (exact) mass is 280 g/mol. The molecular formula is C11H9ClN4OS. The van der Waals surface area contributed by atoms with Crippen LogP contribution < -0.4 is 5.73 Å². The molecule has 2 heterocycles. The molecule has 0 aliphatic carbocycles. The average Bonchev–Trinajstić information content (AvgIpc) is 2.41. The van der Waals surface area contributed by atoms with Crippen LogP contribution in [0.2, 0.25) is 5.02 Å². The van der Waals surface area contributed by atoms with Crippen LogP contribution in [0.4, 0.5) is 0 Å². The predicted octanol–water partition coefficient (Wildman–Crippen LogP) is 2.38. The third-order valence-electron chi connectivity index (χ3n) is 2.04. The van der Waals surface area contributed by atoms with Gasteiger partial charge in [-0.05, 0) is 24.3 Å². The number of pyridine rings is 2. The molecule has 0 atom stereocenters. The first kappa shape index (κ1) is 12.7. The molecular weight excluding hydrogens is 272 g/mol. The van der Waals surface area contributed by atoms with Crippen molar-refractivity contribution >= 4 is 29.2 Å². The van der Waals surface area contributed by atoms with E-state index in [1.807, 2.05) is 0 Å². The number of rotatable bonds is 3. The molecule has 0 radical (unpaired) electrons. The first-order valence-corrected chi connectivity index (χ1v) is 6.12. The summed E-state index contributed by atoms with van der Waals surface area (Å²) in [7, 11) is 0. The van der Waals surface area contributed by atoms with Crippen molar-refractivity contribution in [2.75, 3.05) is 0 Å². The van der Waals surface area contributed by atoms with Gasteiger partial charge >= 0.3 is 0 Å². The van der Waals surface area contributed by atoms with Crippen molar-refractivity contribution in [3.63, 3.8) is 0 Å². The summed E-state index contributed by atoms with van der Waals surface area (Å²) in [6, 6.07) is 7.03. The van der Waals surface area contributed by atoms with Crippen LogP contribution >= 0.6 is 23.4 Å². The Morgan fingerprint density at radius 2 is 2.17 bits per heavy atom. The summed E-state index contributed by atoms with van der Waals surface area (Å²) in [5.41, 5.74) is 5.87. The first-order chi connectivity index (χ1) is 8.70. The number of nitrogens with two attached hydrogens (primary N) is 1. The lowest BCUT2D eigenvalue weighted by atomic mass is 10.3. The molecule has 0 aliphatic heterocycles. The second-order valence-electron chi connectivity index (χ2n) is 3.25. The van der Waals surface area contributed by atoms with Crippen LogP contribution in [0.3, 0.4) is 0 Å². The molecule has 5 nitrogen and oxygen atoms in total. The number of nitrogens with zero attached hydrogens (tertiary/aromatic N) is 3. The van der Waals surface area contributed by atoms with Gasteiger partial charge in [0.1, 0.15) is 10.7 Å². The Morgan fingerprint density at radius 1 is 1.33 bits per heavy atom. The number of aromatic nitrogens is 2. The Hall–Kier alpha value is -1.79. The fraction of sp³-hybridized carbons (Fsp3) is 0. The van der Waals surface area contributed by atoms with E-state index in [1.54, 1.807) is 36.7 Å². The SMILES string of the molecule is NC(=NO)c1cc(Sc2ncccc2Cl)ccn1. The van der Waals surface area contributed by atoms with Gasteiger partial charge in [-0.25, -0.2) is 4.98 Å². The van der Waals surface area contributed by atoms with Gasteiger partial charge in [-0.3, -0.25) is 4.98 Å². The Balaban J connectivity index is 2.28. The van der Waals surface area contributed by atoms with E-state index in [0.29, 0.717) is 15.7 Å². The molecule has 0 saturated carbocycles. The molecule has 0 aliphatic rings. The molecule has 18 heavy (non-hydrogen) atoms. The maximum Gasteiger partial charge on any atom is 0.188 e. The summed E-state index contributed by atoms with van der Waals surface area (Å²) in [4.78, 5) is 9.01. The van der Waals surface area contributed by atoms with Gasteiger partial charge in [0.05, 0.1) is 5.02 Å². The van der Waals surface area contributed by atoms with Crippen molar-refractivity contribution in [1.29, 1.82) is 0 Å². The minimum atomic E-state index is -0.0374.